The molecule has 0 aliphatic rings. The number of carbonyl (C=O) groups excluding carboxylic acids is 2. The van der Waals surface area contributed by atoms with Crippen LogP contribution >= 0.6 is 0 Å². The van der Waals surface area contributed by atoms with Crippen LogP contribution in [-0.4, -0.2) is 25.6 Å². The number of rotatable bonds is 6. The lowest BCUT2D eigenvalue weighted by Crippen LogP contribution is -2.31. The Bertz CT molecular complexity index is 770. The maximum absolute atomic E-state index is 12.1. The van der Waals surface area contributed by atoms with Gasteiger partial charge in [0.15, 0.2) is 6.61 Å². The molecule has 1 N–H and O–H groups in total. The molecule has 0 aliphatic heterocycles. The second-order valence-electron chi connectivity index (χ2n) is 5.96. The molecular weight excluding hydrogens is 318 g/mol. The SMILES string of the molecule is COc1cccc([C@H](C)NC(=O)COC(=O)c2ccc(C)cc2C)c1. The highest BCUT2D eigenvalue weighted by molar-refractivity contribution is 5.92. The van der Waals surface area contributed by atoms with Crippen LogP contribution in [-0.2, 0) is 9.53 Å². The van der Waals surface area contributed by atoms with E-state index in [1.54, 1.807) is 13.2 Å². The molecule has 0 saturated carbocycles. The van der Waals surface area contributed by atoms with Crippen LogP contribution in [0, 0.1) is 13.8 Å². The summed E-state index contributed by atoms with van der Waals surface area (Å²) in [5.41, 5.74) is 3.28. The van der Waals surface area contributed by atoms with Gasteiger partial charge < -0.3 is 14.8 Å². The molecule has 0 saturated heterocycles. The van der Waals surface area contributed by atoms with Gasteiger partial charge in [0.25, 0.3) is 5.91 Å². The second-order valence-corrected chi connectivity index (χ2v) is 5.96. The average molecular weight is 341 g/mol. The minimum Gasteiger partial charge on any atom is -0.497 e. The number of methoxy groups -OCH3 is 1. The van der Waals surface area contributed by atoms with E-state index in [0.29, 0.717) is 5.56 Å². The summed E-state index contributed by atoms with van der Waals surface area (Å²) >= 11 is 0. The van der Waals surface area contributed by atoms with E-state index in [4.69, 9.17) is 9.47 Å². The summed E-state index contributed by atoms with van der Waals surface area (Å²) in [7, 11) is 1.59. The van der Waals surface area contributed by atoms with E-state index in [9.17, 15) is 9.59 Å². The van der Waals surface area contributed by atoms with Crippen molar-refractivity contribution in [2.45, 2.75) is 26.8 Å². The lowest BCUT2D eigenvalue weighted by Gasteiger charge is -2.15. The second kappa shape index (κ2) is 8.33. The van der Waals surface area contributed by atoms with Crippen molar-refractivity contribution in [3.63, 3.8) is 0 Å². The summed E-state index contributed by atoms with van der Waals surface area (Å²) in [6.07, 6.45) is 0. The smallest absolute Gasteiger partial charge is 0.338 e. The minimum absolute atomic E-state index is 0.220. The molecule has 0 radical (unpaired) electrons. The lowest BCUT2D eigenvalue weighted by molar-refractivity contribution is -0.124. The van der Waals surface area contributed by atoms with Gasteiger partial charge in [0.05, 0.1) is 18.7 Å². The predicted molar refractivity (Wildman–Crippen MR) is 95.8 cm³/mol. The van der Waals surface area contributed by atoms with E-state index in [-0.39, 0.29) is 18.6 Å². The van der Waals surface area contributed by atoms with Gasteiger partial charge in [-0.15, -0.1) is 0 Å². The molecule has 1 atom stereocenters. The van der Waals surface area contributed by atoms with Crippen LogP contribution in [0.3, 0.4) is 0 Å². The van der Waals surface area contributed by atoms with Crippen LogP contribution in [0.2, 0.25) is 0 Å². The fourth-order valence-corrected chi connectivity index (χ4v) is 2.53. The van der Waals surface area contributed by atoms with Crippen molar-refractivity contribution in [2.75, 3.05) is 13.7 Å². The van der Waals surface area contributed by atoms with Crippen LogP contribution in [0.15, 0.2) is 42.5 Å². The maximum Gasteiger partial charge on any atom is 0.338 e. The molecule has 2 aromatic carbocycles. The molecular formula is C20H23NO4. The zero-order valence-electron chi connectivity index (χ0n) is 15.0. The van der Waals surface area contributed by atoms with Gasteiger partial charge >= 0.3 is 5.97 Å². The highest BCUT2D eigenvalue weighted by Crippen LogP contribution is 2.18. The normalized spacial score (nSPS) is 11.5. The van der Waals surface area contributed by atoms with Gasteiger partial charge in [-0.25, -0.2) is 4.79 Å². The summed E-state index contributed by atoms with van der Waals surface area (Å²) in [5, 5.41) is 2.81. The molecule has 5 nitrogen and oxygen atoms in total. The molecule has 1 amide bonds. The fourth-order valence-electron chi connectivity index (χ4n) is 2.53. The molecule has 5 heteroatoms. The Kier molecular flexibility index (Phi) is 6.17. The van der Waals surface area contributed by atoms with E-state index < -0.39 is 5.97 Å². The zero-order valence-corrected chi connectivity index (χ0v) is 15.0. The predicted octanol–water partition coefficient (Wildman–Crippen LogP) is 3.35. The first kappa shape index (κ1) is 18.5. The highest BCUT2D eigenvalue weighted by atomic mass is 16.5. The van der Waals surface area contributed by atoms with Crippen molar-refractivity contribution >= 4 is 11.9 Å². The first-order valence-corrected chi connectivity index (χ1v) is 8.08. The Morgan fingerprint density at radius 2 is 1.88 bits per heavy atom. The summed E-state index contributed by atoms with van der Waals surface area (Å²) in [6, 6.07) is 12.7. The van der Waals surface area contributed by atoms with Crippen molar-refractivity contribution in [1.29, 1.82) is 0 Å². The van der Waals surface area contributed by atoms with Gasteiger partial charge in [0.2, 0.25) is 0 Å². The van der Waals surface area contributed by atoms with Gasteiger partial charge in [-0.3, -0.25) is 4.79 Å². The Labute approximate surface area is 148 Å². The summed E-state index contributed by atoms with van der Waals surface area (Å²) < 4.78 is 10.3. The summed E-state index contributed by atoms with van der Waals surface area (Å²) in [4.78, 5) is 24.1. The van der Waals surface area contributed by atoms with Crippen molar-refractivity contribution in [3.05, 3.63) is 64.7 Å². The van der Waals surface area contributed by atoms with Crippen molar-refractivity contribution in [3.8, 4) is 5.75 Å². The molecule has 132 valence electrons. The van der Waals surface area contributed by atoms with Gasteiger partial charge in [-0.05, 0) is 50.1 Å². The standard InChI is InChI=1S/C20H23NO4/c1-13-8-9-18(14(2)10-13)20(23)25-12-19(22)21-15(3)16-6-5-7-17(11-16)24-4/h5-11,15H,12H2,1-4H3,(H,21,22)/t15-/m0/s1. The fraction of sp³-hybridized carbons (Fsp3) is 0.300. The molecule has 0 aromatic heterocycles. The minimum atomic E-state index is -0.498. The third-order valence-electron chi connectivity index (χ3n) is 3.91. The summed E-state index contributed by atoms with van der Waals surface area (Å²) in [5.74, 6) is -0.130. The number of carbonyl (C=O) groups is 2. The van der Waals surface area contributed by atoms with E-state index in [0.717, 1.165) is 22.4 Å². The van der Waals surface area contributed by atoms with Crippen molar-refractivity contribution < 1.29 is 19.1 Å². The molecule has 0 fully saturated rings. The lowest BCUT2D eigenvalue weighted by atomic mass is 10.1. The summed E-state index contributed by atoms with van der Waals surface area (Å²) in [6.45, 7) is 5.34. The number of nitrogens with one attached hydrogen (secondary N) is 1. The third kappa shape index (κ3) is 5.08. The van der Waals surface area contributed by atoms with Gasteiger partial charge in [0.1, 0.15) is 5.75 Å². The van der Waals surface area contributed by atoms with E-state index in [2.05, 4.69) is 5.32 Å². The molecule has 2 rings (SSSR count). The van der Waals surface area contributed by atoms with Crippen LogP contribution in [0.1, 0.15) is 40.0 Å². The monoisotopic (exact) mass is 341 g/mol. The number of ether oxygens (including phenoxy) is 2. The number of benzene rings is 2. The molecule has 2 aromatic rings. The number of amides is 1. The van der Waals surface area contributed by atoms with Crippen molar-refractivity contribution in [1.82, 2.24) is 5.32 Å². The number of hydrogen-bond acceptors (Lipinski definition) is 4. The maximum atomic E-state index is 12.1. The van der Waals surface area contributed by atoms with Crippen molar-refractivity contribution in [2.24, 2.45) is 0 Å². The van der Waals surface area contributed by atoms with Gasteiger partial charge in [0, 0.05) is 0 Å². The van der Waals surface area contributed by atoms with Gasteiger partial charge in [-0.1, -0.05) is 29.8 Å². The van der Waals surface area contributed by atoms with E-state index in [1.165, 1.54) is 0 Å². The van der Waals surface area contributed by atoms with Crippen LogP contribution in [0.5, 0.6) is 5.75 Å². The Hall–Kier alpha value is -2.82. The average Bonchev–Trinajstić information content (AvgIpc) is 2.59. The first-order valence-electron chi connectivity index (χ1n) is 8.08. The molecule has 0 unspecified atom stereocenters. The quantitative estimate of drug-likeness (QED) is 0.819. The molecule has 0 aliphatic carbocycles. The van der Waals surface area contributed by atoms with E-state index in [1.807, 2.05) is 57.2 Å². The molecule has 0 spiro atoms. The molecule has 0 heterocycles. The molecule has 0 bridgehead atoms. The molecule has 25 heavy (non-hydrogen) atoms. The van der Waals surface area contributed by atoms with E-state index >= 15 is 0 Å². The highest BCUT2D eigenvalue weighted by Gasteiger charge is 2.15. The first-order chi connectivity index (χ1) is 11.9. The number of esters is 1. The number of aryl methyl sites for hydroxylation is 2. The van der Waals surface area contributed by atoms with Crippen LogP contribution < -0.4 is 10.1 Å². The van der Waals surface area contributed by atoms with Crippen LogP contribution in [0.25, 0.3) is 0 Å². The number of hydrogen-bond donors (Lipinski definition) is 1. The Morgan fingerprint density at radius 1 is 1.12 bits per heavy atom. The largest absolute Gasteiger partial charge is 0.497 e. The van der Waals surface area contributed by atoms with Crippen LogP contribution in [0.4, 0.5) is 0 Å². The topological polar surface area (TPSA) is 64.6 Å². The Morgan fingerprint density at radius 3 is 2.56 bits per heavy atom. The Balaban J connectivity index is 1.90. The van der Waals surface area contributed by atoms with Gasteiger partial charge in [-0.2, -0.15) is 0 Å². The third-order valence-corrected chi connectivity index (χ3v) is 3.91. The zero-order chi connectivity index (χ0) is 18.4.